The van der Waals surface area contributed by atoms with E-state index >= 15 is 0 Å². The molecule has 4 nitrogen and oxygen atoms in total. The molecule has 0 saturated heterocycles. The van der Waals surface area contributed by atoms with E-state index in [1.165, 1.54) is 19.3 Å². The van der Waals surface area contributed by atoms with Crippen molar-refractivity contribution in [3.05, 3.63) is 23.0 Å². The fourth-order valence-corrected chi connectivity index (χ4v) is 3.02. The van der Waals surface area contributed by atoms with Crippen LogP contribution in [-0.2, 0) is 0 Å². The molecule has 0 bridgehead atoms. The number of aromatic nitrogens is 1. The Labute approximate surface area is 113 Å². The standard InChI is InChI=1S/C13H21N3OS/c1-4-5-6-7-18-11-8-9(2)15-10(3)12(11)13(14)16-17/h8,17H,4-7H2,1-3H3,(H2,14,16). The monoisotopic (exact) mass is 267 g/mol. The van der Waals surface area contributed by atoms with Gasteiger partial charge >= 0.3 is 0 Å². The fourth-order valence-electron chi connectivity index (χ4n) is 1.80. The maximum atomic E-state index is 8.84. The van der Waals surface area contributed by atoms with E-state index in [2.05, 4.69) is 17.1 Å². The highest BCUT2D eigenvalue weighted by Gasteiger charge is 2.13. The second-order valence-corrected chi connectivity index (χ2v) is 5.40. The fraction of sp³-hybridized carbons (Fsp3) is 0.538. The van der Waals surface area contributed by atoms with Crippen LogP contribution in [0.4, 0.5) is 0 Å². The van der Waals surface area contributed by atoms with Crippen molar-refractivity contribution < 1.29 is 5.21 Å². The number of unbranched alkanes of at least 4 members (excludes halogenated alkanes) is 2. The van der Waals surface area contributed by atoms with Crippen LogP contribution in [0, 0.1) is 13.8 Å². The summed E-state index contributed by atoms with van der Waals surface area (Å²) in [5.74, 6) is 1.18. The summed E-state index contributed by atoms with van der Waals surface area (Å²) in [5.41, 5.74) is 8.24. The minimum absolute atomic E-state index is 0.137. The van der Waals surface area contributed by atoms with Gasteiger partial charge in [-0.05, 0) is 32.1 Å². The summed E-state index contributed by atoms with van der Waals surface area (Å²) in [6, 6.07) is 2.00. The average molecular weight is 267 g/mol. The summed E-state index contributed by atoms with van der Waals surface area (Å²) >= 11 is 1.75. The van der Waals surface area contributed by atoms with Crippen LogP contribution in [0.2, 0.25) is 0 Å². The molecule has 0 saturated carbocycles. The molecule has 0 spiro atoms. The van der Waals surface area contributed by atoms with E-state index in [1.54, 1.807) is 11.8 Å². The Kier molecular flexibility index (Phi) is 5.98. The van der Waals surface area contributed by atoms with Gasteiger partial charge in [-0.1, -0.05) is 24.9 Å². The van der Waals surface area contributed by atoms with Crippen LogP contribution in [-0.4, -0.2) is 21.8 Å². The molecule has 1 rings (SSSR count). The van der Waals surface area contributed by atoms with Gasteiger partial charge in [0.2, 0.25) is 0 Å². The molecule has 0 fully saturated rings. The zero-order chi connectivity index (χ0) is 13.5. The lowest BCUT2D eigenvalue weighted by molar-refractivity contribution is 0.318. The molecule has 0 radical (unpaired) electrons. The number of thioether (sulfide) groups is 1. The second kappa shape index (κ2) is 7.26. The molecular formula is C13H21N3OS. The van der Waals surface area contributed by atoms with Gasteiger partial charge in [0.25, 0.3) is 0 Å². The molecule has 1 heterocycles. The van der Waals surface area contributed by atoms with Crippen molar-refractivity contribution in [3.8, 4) is 0 Å². The van der Waals surface area contributed by atoms with Crippen LogP contribution >= 0.6 is 11.8 Å². The Morgan fingerprint density at radius 1 is 1.44 bits per heavy atom. The van der Waals surface area contributed by atoms with Crippen LogP contribution < -0.4 is 5.73 Å². The van der Waals surface area contributed by atoms with E-state index in [0.29, 0.717) is 0 Å². The molecule has 0 aromatic carbocycles. The Balaban J connectivity index is 2.93. The third kappa shape index (κ3) is 3.91. The average Bonchev–Trinajstić information content (AvgIpc) is 2.33. The molecular weight excluding hydrogens is 246 g/mol. The predicted octanol–water partition coefficient (Wildman–Crippen LogP) is 3.08. The first-order chi connectivity index (χ1) is 8.60. The van der Waals surface area contributed by atoms with Crippen LogP contribution in [0.1, 0.15) is 43.1 Å². The van der Waals surface area contributed by atoms with Crippen LogP contribution in [0.3, 0.4) is 0 Å². The van der Waals surface area contributed by atoms with Gasteiger partial charge in [0.15, 0.2) is 5.84 Å². The minimum atomic E-state index is 0.137. The van der Waals surface area contributed by atoms with Gasteiger partial charge in [0.05, 0.1) is 5.56 Å². The zero-order valence-electron chi connectivity index (χ0n) is 11.2. The Hall–Kier alpha value is -1.23. The van der Waals surface area contributed by atoms with E-state index in [1.807, 2.05) is 19.9 Å². The molecule has 1 aromatic rings. The van der Waals surface area contributed by atoms with Gasteiger partial charge in [-0.3, -0.25) is 4.98 Å². The predicted molar refractivity (Wildman–Crippen MR) is 76.5 cm³/mol. The van der Waals surface area contributed by atoms with Gasteiger partial charge in [-0.25, -0.2) is 0 Å². The summed E-state index contributed by atoms with van der Waals surface area (Å²) in [6.45, 7) is 6.03. The third-order valence-electron chi connectivity index (χ3n) is 2.66. The summed E-state index contributed by atoms with van der Waals surface area (Å²) in [4.78, 5) is 5.41. The van der Waals surface area contributed by atoms with Crippen molar-refractivity contribution in [3.63, 3.8) is 0 Å². The molecule has 3 N–H and O–H groups in total. The Bertz CT molecular complexity index is 432. The van der Waals surface area contributed by atoms with Gasteiger partial charge < -0.3 is 10.9 Å². The molecule has 0 aliphatic heterocycles. The van der Waals surface area contributed by atoms with E-state index in [9.17, 15) is 0 Å². The first kappa shape index (κ1) is 14.8. The molecule has 100 valence electrons. The number of nitrogens with zero attached hydrogens (tertiary/aromatic N) is 2. The number of nitrogens with two attached hydrogens (primary N) is 1. The normalized spacial score (nSPS) is 11.8. The van der Waals surface area contributed by atoms with E-state index < -0.39 is 0 Å². The van der Waals surface area contributed by atoms with Gasteiger partial charge in [-0.2, -0.15) is 0 Å². The van der Waals surface area contributed by atoms with E-state index in [4.69, 9.17) is 10.9 Å². The van der Waals surface area contributed by atoms with Crippen molar-refractivity contribution in [1.29, 1.82) is 0 Å². The summed E-state index contributed by atoms with van der Waals surface area (Å²) in [5, 5.41) is 11.9. The topological polar surface area (TPSA) is 71.5 Å². The first-order valence-electron chi connectivity index (χ1n) is 6.19. The summed E-state index contributed by atoms with van der Waals surface area (Å²) < 4.78 is 0. The highest BCUT2D eigenvalue weighted by Crippen LogP contribution is 2.26. The van der Waals surface area contributed by atoms with Crippen molar-refractivity contribution in [2.45, 2.75) is 44.9 Å². The molecule has 18 heavy (non-hydrogen) atoms. The first-order valence-corrected chi connectivity index (χ1v) is 7.17. The molecule has 0 amide bonds. The molecule has 0 aliphatic carbocycles. The van der Waals surface area contributed by atoms with Crippen molar-refractivity contribution in [2.75, 3.05) is 5.75 Å². The van der Waals surface area contributed by atoms with Crippen molar-refractivity contribution in [1.82, 2.24) is 4.98 Å². The van der Waals surface area contributed by atoms with Gasteiger partial charge in [0.1, 0.15) is 0 Å². The zero-order valence-corrected chi connectivity index (χ0v) is 12.0. The summed E-state index contributed by atoms with van der Waals surface area (Å²) in [7, 11) is 0. The number of hydrogen-bond donors (Lipinski definition) is 2. The maximum Gasteiger partial charge on any atom is 0.173 e. The number of pyridine rings is 1. The largest absolute Gasteiger partial charge is 0.409 e. The molecule has 0 unspecified atom stereocenters. The Morgan fingerprint density at radius 3 is 2.78 bits per heavy atom. The highest BCUT2D eigenvalue weighted by atomic mass is 32.2. The number of rotatable bonds is 6. The maximum absolute atomic E-state index is 8.84. The third-order valence-corrected chi connectivity index (χ3v) is 3.79. The number of amidine groups is 1. The highest BCUT2D eigenvalue weighted by molar-refractivity contribution is 7.99. The number of aryl methyl sites for hydroxylation is 2. The number of hydrogen-bond acceptors (Lipinski definition) is 4. The SMILES string of the molecule is CCCCCSc1cc(C)nc(C)c1/C(N)=N/O. The molecule has 0 atom stereocenters. The lowest BCUT2D eigenvalue weighted by atomic mass is 10.1. The van der Waals surface area contributed by atoms with Crippen LogP contribution in [0.5, 0.6) is 0 Å². The smallest absolute Gasteiger partial charge is 0.173 e. The lowest BCUT2D eigenvalue weighted by Gasteiger charge is -2.11. The minimum Gasteiger partial charge on any atom is -0.409 e. The Morgan fingerprint density at radius 2 is 2.17 bits per heavy atom. The second-order valence-electron chi connectivity index (χ2n) is 4.26. The molecule has 5 heteroatoms. The molecule has 1 aromatic heterocycles. The van der Waals surface area contributed by atoms with E-state index in [0.717, 1.165) is 27.6 Å². The van der Waals surface area contributed by atoms with Crippen molar-refractivity contribution in [2.24, 2.45) is 10.9 Å². The van der Waals surface area contributed by atoms with Crippen molar-refractivity contribution >= 4 is 17.6 Å². The lowest BCUT2D eigenvalue weighted by Crippen LogP contribution is -2.17. The number of oxime groups is 1. The van der Waals surface area contributed by atoms with E-state index in [-0.39, 0.29) is 5.84 Å². The van der Waals surface area contributed by atoms with Gasteiger partial charge in [0, 0.05) is 16.3 Å². The van der Waals surface area contributed by atoms with Crippen LogP contribution in [0.15, 0.2) is 16.1 Å². The summed E-state index contributed by atoms with van der Waals surface area (Å²) in [6.07, 6.45) is 3.62. The van der Waals surface area contributed by atoms with Gasteiger partial charge in [-0.15, -0.1) is 11.8 Å². The quantitative estimate of drug-likeness (QED) is 0.207. The molecule has 0 aliphatic rings. The van der Waals surface area contributed by atoms with Crippen LogP contribution in [0.25, 0.3) is 0 Å².